The van der Waals surface area contributed by atoms with Gasteiger partial charge in [-0.1, -0.05) is 13.8 Å². The largest absolute Gasteiger partial charge is 0.376 e. The van der Waals surface area contributed by atoms with Crippen LogP contribution in [0.2, 0.25) is 0 Å². The molecule has 0 spiro atoms. The zero-order valence-electron chi connectivity index (χ0n) is 15.9. The van der Waals surface area contributed by atoms with Gasteiger partial charge in [0.1, 0.15) is 29.1 Å². The maximum Gasteiger partial charge on any atom is 0.134 e. The van der Waals surface area contributed by atoms with Crippen molar-refractivity contribution in [1.82, 2.24) is 15.0 Å². The highest BCUT2D eigenvalue weighted by molar-refractivity contribution is 7.09. The molecule has 0 amide bonds. The van der Waals surface area contributed by atoms with Crippen molar-refractivity contribution < 1.29 is 9.47 Å². The van der Waals surface area contributed by atoms with Crippen LogP contribution in [0.3, 0.4) is 0 Å². The predicted octanol–water partition coefficient (Wildman–Crippen LogP) is 3.13. The Kier molecular flexibility index (Phi) is 5.85. The van der Waals surface area contributed by atoms with E-state index < -0.39 is 0 Å². The summed E-state index contributed by atoms with van der Waals surface area (Å²) in [4.78, 5) is 15.6. The standard InChI is InChI=1S/C19H27N5O2S/c1-13(2)18-14(4-3-7-26-18)23-16-10-17(22-12-21-16)24-6-8-25-15(11-24)19-20-5-9-27-19/h5,9-10,12-15,18H,3-4,6-8,11H2,1-2H3,(H,21,22,23). The molecule has 0 aliphatic carbocycles. The van der Waals surface area contributed by atoms with Gasteiger partial charge in [-0.25, -0.2) is 15.0 Å². The second-order valence-corrected chi connectivity index (χ2v) is 8.34. The van der Waals surface area contributed by atoms with Crippen LogP contribution in [0.5, 0.6) is 0 Å². The number of anilines is 2. The molecule has 0 radical (unpaired) electrons. The summed E-state index contributed by atoms with van der Waals surface area (Å²) in [5, 5.41) is 6.59. The Bertz CT molecular complexity index is 727. The minimum atomic E-state index is 0.00203. The Balaban J connectivity index is 1.45. The van der Waals surface area contributed by atoms with Crippen molar-refractivity contribution in [2.75, 3.05) is 36.5 Å². The van der Waals surface area contributed by atoms with Crippen LogP contribution >= 0.6 is 11.3 Å². The van der Waals surface area contributed by atoms with Crippen molar-refractivity contribution in [1.29, 1.82) is 0 Å². The van der Waals surface area contributed by atoms with Crippen molar-refractivity contribution in [2.45, 2.75) is 44.9 Å². The van der Waals surface area contributed by atoms with Crippen molar-refractivity contribution in [2.24, 2.45) is 5.92 Å². The van der Waals surface area contributed by atoms with E-state index in [1.54, 1.807) is 17.7 Å². The topological polar surface area (TPSA) is 72.4 Å². The molecule has 0 aromatic carbocycles. The average Bonchev–Trinajstić information content (AvgIpc) is 3.23. The fourth-order valence-electron chi connectivity index (χ4n) is 3.80. The Hall–Kier alpha value is -1.77. The van der Waals surface area contributed by atoms with E-state index in [9.17, 15) is 0 Å². The zero-order valence-corrected chi connectivity index (χ0v) is 16.7. The van der Waals surface area contributed by atoms with E-state index in [0.717, 1.165) is 49.2 Å². The number of hydrogen-bond donors (Lipinski definition) is 1. The van der Waals surface area contributed by atoms with Crippen molar-refractivity contribution in [3.05, 3.63) is 29.0 Å². The van der Waals surface area contributed by atoms with Crippen LogP contribution in [0, 0.1) is 5.92 Å². The number of thiazole rings is 1. The lowest BCUT2D eigenvalue weighted by Gasteiger charge is -2.35. The maximum atomic E-state index is 5.99. The van der Waals surface area contributed by atoms with Crippen LogP contribution in [0.15, 0.2) is 24.0 Å². The van der Waals surface area contributed by atoms with Gasteiger partial charge in [-0.15, -0.1) is 11.3 Å². The molecule has 0 bridgehead atoms. The summed E-state index contributed by atoms with van der Waals surface area (Å²) in [5.41, 5.74) is 0. The van der Waals surface area contributed by atoms with Crippen LogP contribution in [0.25, 0.3) is 0 Å². The van der Waals surface area contributed by atoms with Crippen molar-refractivity contribution >= 4 is 23.0 Å². The molecule has 146 valence electrons. The summed E-state index contributed by atoms with van der Waals surface area (Å²) in [7, 11) is 0. The molecular weight excluding hydrogens is 362 g/mol. The first-order chi connectivity index (χ1) is 13.2. The van der Waals surface area contributed by atoms with Gasteiger partial charge in [0.25, 0.3) is 0 Å². The van der Waals surface area contributed by atoms with Gasteiger partial charge in [-0.3, -0.25) is 0 Å². The predicted molar refractivity (Wildman–Crippen MR) is 106 cm³/mol. The van der Waals surface area contributed by atoms with Crippen molar-refractivity contribution in [3.63, 3.8) is 0 Å². The summed E-state index contributed by atoms with van der Waals surface area (Å²) in [5.74, 6) is 2.26. The number of morpholine rings is 1. The van der Waals surface area contributed by atoms with Crippen LogP contribution in [0.1, 0.15) is 37.8 Å². The van der Waals surface area contributed by atoms with Gasteiger partial charge in [0.05, 0.1) is 25.3 Å². The molecule has 4 rings (SSSR count). The maximum absolute atomic E-state index is 5.99. The molecule has 27 heavy (non-hydrogen) atoms. The van der Waals surface area contributed by atoms with Gasteiger partial charge < -0.3 is 19.7 Å². The third kappa shape index (κ3) is 4.39. The number of ether oxygens (including phenoxy) is 2. The Morgan fingerprint density at radius 2 is 2.15 bits per heavy atom. The SMILES string of the molecule is CC(C)C1OCCCC1Nc1cc(N2CCOC(c3nccs3)C2)ncn1. The molecule has 8 heteroatoms. The quantitative estimate of drug-likeness (QED) is 0.842. The molecule has 2 fully saturated rings. The van der Waals surface area contributed by atoms with Crippen LogP contribution in [-0.4, -0.2) is 53.4 Å². The molecule has 2 aliphatic rings. The third-order valence-corrected chi connectivity index (χ3v) is 5.99. The first kappa shape index (κ1) is 18.6. The van der Waals surface area contributed by atoms with Gasteiger partial charge in [0, 0.05) is 30.8 Å². The van der Waals surface area contributed by atoms with E-state index in [-0.39, 0.29) is 18.2 Å². The fourth-order valence-corrected chi connectivity index (χ4v) is 4.48. The van der Waals surface area contributed by atoms with E-state index in [2.05, 4.69) is 39.0 Å². The molecule has 2 saturated heterocycles. The second kappa shape index (κ2) is 8.50. The minimum absolute atomic E-state index is 0.00203. The van der Waals surface area contributed by atoms with Crippen LogP contribution in [0.4, 0.5) is 11.6 Å². The molecule has 7 nitrogen and oxygen atoms in total. The van der Waals surface area contributed by atoms with Crippen molar-refractivity contribution in [3.8, 4) is 0 Å². The van der Waals surface area contributed by atoms with Crippen LogP contribution in [-0.2, 0) is 9.47 Å². The highest BCUT2D eigenvalue weighted by atomic mass is 32.1. The number of nitrogens with zero attached hydrogens (tertiary/aromatic N) is 4. The number of rotatable bonds is 5. The second-order valence-electron chi connectivity index (χ2n) is 7.41. The Labute approximate surface area is 164 Å². The fraction of sp³-hybridized carbons (Fsp3) is 0.632. The van der Waals surface area contributed by atoms with Gasteiger partial charge in [-0.05, 0) is 18.8 Å². The summed E-state index contributed by atoms with van der Waals surface area (Å²) in [6.07, 6.45) is 5.87. The van der Waals surface area contributed by atoms with E-state index in [1.165, 1.54) is 0 Å². The van der Waals surface area contributed by atoms with E-state index >= 15 is 0 Å². The molecule has 2 aromatic rings. The van der Waals surface area contributed by atoms with Gasteiger partial charge in [0.2, 0.25) is 0 Å². The molecule has 0 saturated carbocycles. The summed E-state index contributed by atoms with van der Waals surface area (Å²) in [6, 6.07) is 2.32. The third-order valence-electron chi connectivity index (χ3n) is 5.13. The van der Waals surface area contributed by atoms with E-state index in [0.29, 0.717) is 12.5 Å². The Morgan fingerprint density at radius 1 is 1.22 bits per heavy atom. The lowest BCUT2D eigenvalue weighted by atomic mass is 9.94. The molecule has 3 atom stereocenters. The molecular formula is C19H27N5O2S. The van der Waals surface area contributed by atoms with E-state index in [4.69, 9.17) is 9.47 Å². The monoisotopic (exact) mass is 389 g/mol. The Morgan fingerprint density at radius 3 is 2.96 bits per heavy atom. The van der Waals surface area contributed by atoms with Gasteiger partial charge in [-0.2, -0.15) is 0 Å². The molecule has 1 N–H and O–H groups in total. The van der Waals surface area contributed by atoms with E-state index in [1.807, 2.05) is 17.6 Å². The minimum Gasteiger partial charge on any atom is -0.376 e. The zero-order chi connectivity index (χ0) is 18.6. The molecule has 4 heterocycles. The van der Waals surface area contributed by atoms with Gasteiger partial charge >= 0.3 is 0 Å². The van der Waals surface area contributed by atoms with Gasteiger partial charge in [0.15, 0.2) is 0 Å². The number of nitrogens with one attached hydrogen (secondary N) is 1. The normalized spacial score (nSPS) is 26.3. The number of aromatic nitrogens is 3. The summed E-state index contributed by atoms with van der Waals surface area (Å²) < 4.78 is 11.9. The molecule has 3 unspecified atom stereocenters. The first-order valence-electron chi connectivity index (χ1n) is 9.67. The average molecular weight is 390 g/mol. The lowest BCUT2D eigenvalue weighted by molar-refractivity contribution is -0.0203. The lowest BCUT2D eigenvalue weighted by Crippen LogP contribution is -2.43. The summed E-state index contributed by atoms with van der Waals surface area (Å²) >= 11 is 1.63. The number of hydrogen-bond acceptors (Lipinski definition) is 8. The highest BCUT2D eigenvalue weighted by Crippen LogP contribution is 2.28. The smallest absolute Gasteiger partial charge is 0.134 e. The summed E-state index contributed by atoms with van der Waals surface area (Å²) in [6.45, 7) is 7.51. The first-order valence-corrected chi connectivity index (χ1v) is 10.5. The highest BCUT2D eigenvalue weighted by Gasteiger charge is 2.29. The molecule has 2 aliphatic heterocycles. The molecule has 2 aromatic heterocycles. The van der Waals surface area contributed by atoms with Crippen LogP contribution < -0.4 is 10.2 Å².